The van der Waals surface area contributed by atoms with Crippen LogP contribution in [0.15, 0.2) is 39.0 Å². The molecule has 0 fully saturated rings. The third-order valence-corrected chi connectivity index (χ3v) is 4.50. The minimum Gasteiger partial charge on any atom is -0.497 e. The van der Waals surface area contributed by atoms with E-state index >= 15 is 0 Å². The lowest BCUT2D eigenvalue weighted by Gasteiger charge is -2.07. The van der Waals surface area contributed by atoms with E-state index in [0.717, 1.165) is 21.6 Å². The van der Waals surface area contributed by atoms with Crippen LogP contribution in [0, 0.1) is 0 Å². The maximum atomic E-state index is 12.5. The van der Waals surface area contributed by atoms with Gasteiger partial charge in [0.05, 0.1) is 12.8 Å². The van der Waals surface area contributed by atoms with Crippen LogP contribution in [0.3, 0.4) is 0 Å². The number of hydrogen-bond donors (Lipinski definition) is 1. The minimum atomic E-state index is -0.419. The molecule has 2 heterocycles. The molecular formula is C18H22N6O3. The van der Waals surface area contributed by atoms with Gasteiger partial charge >= 0.3 is 5.69 Å². The van der Waals surface area contributed by atoms with E-state index in [1.165, 1.54) is 11.6 Å². The summed E-state index contributed by atoms with van der Waals surface area (Å²) in [5.41, 5.74) is 4.47. The molecule has 1 N–H and O–H groups in total. The van der Waals surface area contributed by atoms with Gasteiger partial charge in [-0.3, -0.25) is 13.9 Å². The first-order chi connectivity index (χ1) is 12.9. The summed E-state index contributed by atoms with van der Waals surface area (Å²) < 4.78 is 9.30. The van der Waals surface area contributed by atoms with Crippen LogP contribution in [0.1, 0.15) is 19.4 Å². The summed E-state index contributed by atoms with van der Waals surface area (Å²) in [7, 11) is 4.66. The second-order valence-corrected chi connectivity index (χ2v) is 6.10. The van der Waals surface area contributed by atoms with E-state index in [0.29, 0.717) is 23.7 Å². The zero-order chi connectivity index (χ0) is 19.7. The van der Waals surface area contributed by atoms with Crippen LogP contribution in [0.25, 0.3) is 11.2 Å². The SMILES string of the molecule is CCn1c(NN=C(C)c2ccc(OC)cc2)nc2c1c(=O)n(C)c(=O)n2C. The van der Waals surface area contributed by atoms with Gasteiger partial charge in [-0.2, -0.15) is 10.1 Å². The van der Waals surface area contributed by atoms with Gasteiger partial charge in [0.25, 0.3) is 5.56 Å². The fraction of sp³-hybridized carbons (Fsp3) is 0.333. The van der Waals surface area contributed by atoms with Crippen molar-refractivity contribution in [3.8, 4) is 5.75 Å². The number of ether oxygens (including phenoxy) is 1. The van der Waals surface area contributed by atoms with E-state index in [2.05, 4.69) is 15.5 Å². The minimum absolute atomic E-state index is 0.324. The highest BCUT2D eigenvalue weighted by Gasteiger charge is 2.18. The van der Waals surface area contributed by atoms with Crippen LogP contribution < -0.4 is 21.4 Å². The largest absolute Gasteiger partial charge is 0.497 e. The van der Waals surface area contributed by atoms with Crippen molar-refractivity contribution in [1.29, 1.82) is 0 Å². The molecule has 27 heavy (non-hydrogen) atoms. The molecule has 9 nitrogen and oxygen atoms in total. The molecule has 0 aliphatic carbocycles. The van der Waals surface area contributed by atoms with Crippen molar-refractivity contribution in [2.24, 2.45) is 19.2 Å². The molecule has 0 amide bonds. The Balaban J connectivity index is 2.04. The van der Waals surface area contributed by atoms with E-state index in [-0.39, 0.29) is 5.56 Å². The molecular weight excluding hydrogens is 348 g/mol. The number of aromatic nitrogens is 4. The van der Waals surface area contributed by atoms with Crippen molar-refractivity contribution in [2.45, 2.75) is 20.4 Å². The van der Waals surface area contributed by atoms with Gasteiger partial charge in [0, 0.05) is 20.6 Å². The predicted molar refractivity (Wildman–Crippen MR) is 105 cm³/mol. The highest BCUT2D eigenvalue weighted by molar-refractivity contribution is 5.99. The molecule has 9 heteroatoms. The molecule has 3 rings (SSSR count). The number of anilines is 1. The van der Waals surface area contributed by atoms with Gasteiger partial charge in [-0.25, -0.2) is 10.2 Å². The number of aryl methyl sites for hydroxylation is 2. The number of benzene rings is 1. The molecule has 1 aromatic carbocycles. The van der Waals surface area contributed by atoms with Gasteiger partial charge in [0.1, 0.15) is 5.75 Å². The number of imidazole rings is 1. The highest BCUT2D eigenvalue weighted by atomic mass is 16.5. The van der Waals surface area contributed by atoms with Crippen LogP contribution in [-0.2, 0) is 20.6 Å². The van der Waals surface area contributed by atoms with Crippen LogP contribution >= 0.6 is 0 Å². The third kappa shape index (κ3) is 3.12. The van der Waals surface area contributed by atoms with Gasteiger partial charge in [0.15, 0.2) is 11.2 Å². The van der Waals surface area contributed by atoms with E-state index in [1.807, 2.05) is 38.1 Å². The molecule has 0 radical (unpaired) electrons. The van der Waals surface area contributed by atoms with Crippen LogP contribution in [-0.4, -0.2) is 31.5 Å². The molecule has 2 aromatic heterocycles. The van der Waals surface area contributed by atoms with Crippen molar-refractivity contribution < 1.29 is 4.74 Å². The molecule has 0 aliphatic rings. The third-order valence-electron chi connectivity index (χ3n) is 4.50. The number of hydrogen-bond acceptors (Lipinski definition) is 6. The fourth-order valence-corrected chi connectivity index (χ4v) is 2.87. The predicted octanol–water partition coefficient (Wildman–Crippen LogP) is 1.30. The number of methoxy groups -OCH3 is 1. The number of rotatable bonds is 5. The summed E-state index contributed by atoms with van der Waals surface area (Å²) in [5.74, 6) is 1.17. The maximum absolute atomic E-state index is 12.5. The van der Waals surface area contributed by atoms with Crippen molar-refractivity contribution in [3.63, 3.8) is 0 Å². The first kappa shape index (κ1) is 18.4. The Kier molecular flexibility index (Phi) is 4.85. The van der Waals surface area contributed by atoms with Crippen molar-refractivity contribution in [3.05, 3.63) is 50.7 Å². The Morgan fingerprint density at radius 3 is 2.44 bits per heavy atom. The number of fused-ring (bicyclic) bond motifs is 1. The number of nitrogens with one attached hydrogen (secondary N) is 1. The summed E-state index contributed by atoms with van der Waals surface area (Å²) in [5, 5.41) is 4.37. The molecule has 0 atom stereocenters. The quantitative estimate of drug-likeness (QED) is 0.539. The highest BCUT2D eigenvalue weighted by Crippen LogP contribution is 2.16. The summed E-state index contributed by atoms with van der Waals surface area (Å²) in [6, 6.07) is 7.52. The van der Waals surface area contributed by atoms with E-state index in [1.54, 1.807) is 18.7 Å². The average molecular weight is 370 g/mol. The molecule has 3 aromatic rings. The van der Waals surface area contributed by atoms with Crippen molar-refractivity contribution >= 4 is 22.8 Å². The van der Waals surface area contributed by atoms with Gasteiger partial charge < -0.3 is 9.30 Å². The molecule has 0 saturated heterocycles. The number of hydrazone groups is 1. The Morgan fingerprint density at radius 2 is 1.85 bits per heavy atom. The Hall–Kier alpha value is -3.36. The first-order valence-electron chi connectivity index (χ1n) is 8.50. The summed E-state index contributed by atoms with van der Waals surface area (Å²) in [4.78, 5) is 29.1. The second-order valence-electron chi connectivity index (χ2n) is 6.10. The summed E-state index contributed by atoms with van der Waals surface area (Å²) in [6.45, 7) is 4.27. The molecule has 0 unspecified atom stereocenters. The fourth-order valence-electron chi connectivity index (χ4n) is 2.87. The second kappa shape index (κ2) is 7.10. The topological polar surface area (TPSA) is 95.4 Å². The summed E-state index contributed by atoms with van der Waals surface area (Å²) >= 11 is 0. The smallest absolute Gasteiger partial charge is 0.332 e. The normalized spacial score (nSPS) is 11.8. The van der Waals surface area contributed by atoms with Gasteiger partial charge in [-0.1, -0.05) is 0 Å². The Morgan fingerprint density at radius 1 is 1.19 bits per heavy atom. The van der Waals surface area contributed by atoms with Crippen LogP contribution in [0.4, 0.5) is 5.95 Å². The zero-order valence-corrected chi connectivity index (χ0v) is 16.0. The van der Waals surface area contributed by atoms with Crippen molar-refractivity contribution in [1.82, 2.24) is 18.7 Å². The van der Waals surface area contributed by atoms with E-state index < -0.39 is 5.69 Å². The number of nitrogens with zero attached hydrogens (tertiary/aromatic N) is 5. The van der Waals surface area contributed by atoms with Gasteiger partial charge in [-0.15, -0.1) is 0 Å². The average Bonchev–Trinajstić information content (AvgIpc) is 3.07. The van der Waals surface area contributed by atoms with Crippen LogP contribution in [0.5, 0.6) is 5.75 Å². The lowest BCUT2D eigenvalue weighted by Crippen LogP contribution is -2.37. The summed E-state index contributed by atoms with van der Waals surface area (Å²) in [6.07, 6.45) is 0. The standard InChI is InChI=1S/C18H22N6O3/c1-6-24-14-15(22(3)18(26)23(4)16(14)25)19-17(24)21-20-11(2)12-7-9-13(27-5)10-8-12/h7-10H,6H2,1-5H3,(H,19,21). The first-order valence-corrected chi connectivity index (χ1v) is 8.50. The lowest BCUT2D eigenvalue weighted by molar-refractivity contribution is 0.415. The van der Waals surface area contributed by atoms with Crippen LogP contribution in [0.2, 0.25) is 0 Å². The molecule has 0 bridgehead atoms. The van der Waals surface area contributed by atoms with Crippen molar-refractivity contribution in [2.75, 3.05) is 12.5 Å². The molecule has 0 aliphatic heterocycles. The van der Waals surface area contributed by atoms with Gasteiger partial charge in [0.2, 0.25) is 5.95 Å². The zero-order valence-electron chi connectivity index (χ0n) is 16.0. The Labute approximate surface area is 155 Å². The monoisotopic (exact) mass is 370 g/mol. The Bertz CT molecular complexity index is 1140. The molecule has 142 valence electrons. The maximum Gasteiger partial charge on any atom is 0.332 e. The van der Waals surface area contributed by atoms with E-state index in [9.17, 15) is 9.59 Å². The molecule has 0 saturated carbocycles. The lowest BCUT2D eigenvalue weighted by atomic mass is 10.1. The molecule has 0 spiro atoms. The van der Waals surface area contributed by atoms with Gasteiger partial charge in [-0.05, 0) is 43.7 Å². The van der Waals surface area contributed by atoms with E-state index in [4.69, 9.17) is 4.74 Å².